The van der Waals surface area contributed by atoms with Crippen LogP contribution in [0.25, 0.3) is 0 Å². The highest BCUT2D eigenvalue weighted by Crippen LogP contribution is 2.28. The van der Waals surface area contributed by atoms with Crippen molar-refractivity contribution in [1.82, 2.24) is 10.2 Å². The van der Waals surface area contributed by atoms with Gasteiger partial charge in [0, 0.05) is 34.6 Å². The normalized spacial score (nSPS) is 14.6. The second kappa shape index (κ2) is 13.0. The highest BCUT2D eigenvalue weighted by molar-refractivity contribution is 6.36. The van der Waals surface area contributed by atoms with Crippen LogP contribution in [0.4, 0.5) is 0 Å². The first-order chi connectivity index (χ1) is 16.4. The van der Waals surface area contributed by atoms with E-state index in [0.717, 1.165) is 37.0 Å². The van der Waals surface area contributed by atoms with Gasteiger partial charge in [0.1, 0.15) is 11.8 Å². The molecule has 0 radical (unpaired) electrons. The minimum absolute atomic E-state index is 0.109. The van der Waals surface area contributed by atoms with Crippen molar-refractivity contribution in [3.05, 3.63) is 63.6 Å². The maximum Gasteiger partial charge on any atom is 0.243 e. The molecule has 2 aromatic rings. The summed E-state index contributed by atoms with van der Waals surface area (Å²) in [7, 11) is 0. The van der Waals surface area contributed by atoms with Crippen LogP contribution in [0.3, 0.4) is 0 Å². The van der Waals surface area contributed by atoms with E-state index >= 15 is 0 Å². The van der Waals surface area contributed by atoms with Crippen molar-refractivity contribution < 1.29 is 14.3 Å². The number of aryl methyl sites for hydroxylation is 1. The molecular weight excluding hydrogens is 471 g/mol. The Bertz CT molecular complexity index is 939. The van der Waals surface area contributed by atoms with Gasteiger partial charge in [0.05, 0.1) is 6.61 Å². The van der Waals surface area contributed by atoms with Crippen molar-refractivity contribution >= 4 is 35.0 Å². The molecule has 0 spiro atoms. The first-order valence-corrected chi connectivity index (χ1v) is 12.9. The summed E-state index contributed by atoms with van der Waals surface area (Å²) in [6.07, 6.45) is 5.54. The second-order valence-electron chi connectivity index (χ2n) is 8.90. The van der Waals surface area contributed by atoms with Gasteiger partial charge in [-0.25, -0.2) is 0 Å². The molecule has 1 N–H and O–H groups in total. The van der Waals surface area contributed by atoms with E-state index in [4.69, 9.17) is 27.9 Å². The molecule has 7 heteroatoms. The van der Waals surface area contributed by atoms with Gasteiger partial charge in [-0.2, -0.15) is 0 Å². The smallest absolute Gasteiger partial charge is 0.243 e. The summed E-state index contributed by atoms with van der Waals surface area (Å²) in [6, 6.07) is 12.7. The summed E-state index contributed by atoms with van der Waals surface area (Å²) < 4.78 is 5.78. The molecule has 1 aliphatic rings. The van der Waals surface area contributed by atoms with Gasteiger partial charge in [-0.1, -0.05) is 66.7 Å². The molecule has 0 saturated heterocycles. The lowest BCUT2D eigenvalue weighted by molar-refractivity contribution is -0.141. The molecule has 0 bridgehead atoms. The minimum Gasteiger partial charge on any atom is -0.494 e. The fraction of sp³-hybridized carbons (Fsp3) is 0.481. The minimum atomic E-state index is -0.585. The topological polar surface area (TPSA) is 58.6 Å². The Hall–Kier alpha value is -2.24. The monoisotopic (exact) mass is 504 g/mol. The van der Waals surface area contributed by atoms with Crippen molar-refractivity contribution in [2.24, 2.45) is 0 Å². The Morgan fingerprint density at radius 1 is 1.09 bits per heavy atom. The number of nitrogens with one attached hydrogen (secondary N) is 1. The van der Waals surface area contributed by atoms with Gasteiger partial charge in [-0.15, -0.1) is 0 Å². The van der Waals surface area contributed by atoms with Crippen LogP contribution < -0.4 is 10.1 Å². The molecule has 0 heterocycles. The molecular formula is C27H34Cl2N2O3. The first kappa shape index (κ1) is 26.4. The van der Waals surface area contributed by atoms with Crippen LogP contribution in [0, 0.1) is 6.92 Å². The fourth-order valence-corrected chi connectivity index (χ4v) is 4.85. The zero-order valence-corrected chi connectivity index (χ0v) is 21.5. The molecule has 1 fully saturated rings. The number of rotatable bonds is 11. The maximum atomic E-state index is 13.4. The van der Waals surface area contributed by atoms with Crippen molar-refractivity contribution in [3.63, 3.8) is 0 Å². The molecule has 2 aromatic carbocycles. The Morgan fingerprint density at radius 3 is 2.35 bits per heavy atom. The Balaban J connectivity index is 1.69. The molecule has 0 aromatic heterocycles. The predicted octanol–water partition coefficient (Wildman–Crippen LogP) is 6.33. The summed E-state index contributed by atoms with van der Waals surface area (Å²) in [5.41, 5.74) is 1.82. The van der Waals surface area contributed by atoms with Gasteiger partial charge < -0.3 is 15.0 Å². The number of carbonyl (C=O) groups is 2. The summed E-state index contributed by atoms with van der Waals surface area (Å²) in [5, 5.41) is 4.12. The molecule has 1 aliphatic carbocycles. The predicted molar refractivity (Wildman–Crippen MR) is 137 cm³/mol. The third kappa shape index (κ3) is 7.38. The van der Waals surface area contributed by atoms with E-state index in [1.165, 1.54) is 0 Å². The molecule has 5 nitrogen and oxygen atoms in total. The van der Waals surface area contributed by atoms with Crippen LogP contribution >= 0.6 is 23.2 Å². The molecule has 1 atom stereocenters. The average molecular weight is 505 g/mol. The number of hydrogen-bond donors (Lipinski definition) is 1. The largest absolute Gasteiger partial charge is 0.494 e. The van der Waals surface area contributed by atoms with E-state index in [9.17, 15) is 9.59 Å². The number of halogens is 2. The lowest BCUT2D eigenvalue weighted by Gasteiger charge is -2.32. The van der Waals surface area contributed by atoms with Crippen LogP contribution in [0.5, 0.6) is 5.75 Å². The van der Waals surface area contributed by atoms with Crippen LogP contribution in [-0.2, 0) is 16.1 Å². The van der Waals surface area contributed by atoms with Crippen LogP contribution in [0.1, 0.15) is 63.0 Å². The molecule has 1 saturated carbocycles. The van der Waals surface area contributed by atoms with Crippen LogP contribution in [0.2, 0.25) is 10.0 Å². The molecule has 0 unspecified atom stereocenters. The quantitative estimate of drug-likeness (QED) is 0.363. The summed E-state index contributed by atoms with van der Waals surface area (Å²) in [5.74, 6) is 0.555. The van der Waals surface area contributed by atoms with Crippen molar-refractivity contribution in [1.29, 1.82) is 0 Å². The van der Waals surface area contributed by atoms with Gasteiger partial charge >= 0.3 is 0 Å². The maximum absolute atomic E-state index is 13.4. The lowest BCUT2D eigenvalue weighted by Crippen LogP contribution is -2.51. The van der Waals surface area contributed by atoms with E-state index in [1.54, 1.807) is 23.1 Å². The number of ether oxygens (including phenoxy) is 1. The molecule has 184 valence electrons. The van der Waals surface area contributed by atoms with Crippen molar-refractivity contribution in [3.8, 4) is 5.75 Å². The van der Waals surface area contributed by atoms with Crippen LogP contribution in [-0.4, -0.2) is 35.4 Å². The summed E-state index contributed by atoms with van der Waals surface area (Å²) in [4.78, 5) is 28.2. The van der Waals surface area contributed by atoms with Gasteiger partial charge in [-0.3, -0.25) is 9.59 Å². The SMILES string of the molecule is CC[C@H](C(=O)NC1CCCC1)N(Cc1c(Cl)cccc1Cl)C(=O)CCCOc1ccc(C)cc1. The highest BCUT2D eigenvalue weighted by Gasteiger charge is 2.31. The number of carbonyl (C=O) groups excluding carboxylic acids is 2. The fourth-order valence-electron chi connectivity index (χ4n) is 4.33. The second-order valence-corrected chi connectivity index (χ2v) is 9.72. The standard InChI is InChI=1S/C27H34Cl2N2O3/c1-3-25(27(33)30-20-8-4-5-9-20)31(18-22-23(28)10-6-11-24(22)29)26(32)12-7-17-34-21-15-13-19(2)14-16-21/h6,10-11,13-16,20,25H,3-5,7-9,12,17-18H2,1-2H3,(H,30,33)/t25-/m1/s1. The van der Waals surface area contributed by atoms with Crippen molar-refractivity contribution in [2.45, 2.75) is 77.4 Å². The Labute approximate surface area is 212 Å². The zero-order valence-electron chi connectivity index (χ0n) is 20.0. The summed E-state index contributed by atoms with van der Waals surface area (Å²) >= 11 is 12.8. The van der Waals surface area contributed by atoms with E-state index in [2.05, 4.69) is 5.32 Å². The Kier molecular flexibility index (Phi) is 10.1. The zero-order chi connectivity index (χ0) is 24.5. The number of hydrogen-bond acceptors (Lipinski definition) is 3. The third-order valence-corrected chi connectivity index (χ3v) is 7.01. The number of benzene rings is 2. The van der Waals surface area contributed by atoms with E-state index < -0.39 is 6.04 Å². The lowest BCUT2D eigenvalue weighted by atomic mass is 10.1. The molecule has 2 amide bonds. The van der Waals surface area contributed by atoms with E-state index in [-0.39, 0.29) is 30.8 Å². The van der Waals surface area contributed by atoms with Crippen LogP contribution in [0.15, 0.2) is 42.5 Å². The molecule has 3 rings (SSSR count). The van der Waals surface area contributed by atoms with Gasteiger partial charge in [0.25, 0.3) is 0 Å². The summed E-state index contributed by atoms with van der Waals surface area (Å²) in [6.45, 7) is 4.55. The van der Waals surface area contributed by atoms with E-state index in [0.29, 0.717) is 35.1 Å². The first-order valence-electron chi connectivity index (χ1n) is 12.1. The van der Waals surface area contributed by atoms with Crippen molar-refractivity contribution in [2.75, 3.05) is 6.61 Å². The highest BCUT2D eigenvalue weighted by atomic mass is 35.5. The number of amides is 2. The van der Waals surface area contributed by atoms with Gasteiger partial charge in [-0.05, 0) is 56.9 Å². The third-order valence-electron chi connectivity index (χ3n) is 6.30. The average Bonchev–Trinajstić information content (AvgIpc) is 3.32. The molecule has 34 heavy (non-hydrogen) atoms. The molecule has 0 aliphatic heterocycles. The Morgan fingerprint density at radius 2 is 1.74 bits per heavy atom. The van der Waals surface area contributed by atoms with Gasteiger partial charge in [0.2, 0.25) is 11.8 Å². The number of nitrogens with zero attached hydrogens (tertiary/aromatic N) is 1. The van der Waals surface area contributed by atoms with Gasteiger partial charge in [0.15, 0.2) is 0 Å². The van der Waals surface area contributed by atoms with E-state index in [1.807, 2.05) is 38.1 Å².